The van der Waals surface area contributed by atoms with Crippen LogP contribution in [0, 0.1) is 5.41 Å². The Kier molecular flexibility index (Phi) is 5.76. The molecule has 2 N–H and O–H groups in total. The van der Waals surface area contributed by atoms with Gasteiger partial charge in [0.2, 0.25) is 0 Å². The summed E-state index contributed by atoms with van der Waals surface area (Å²) < 4.78 is 7.95. The number of rotatable bonds is 7. The number of aliphatic imine (C=N–C) groups is 1. The highest BCUT2D eigenvalue weighted by Gasteiger charge is 2.56. The third-order valence-corrected chi connectivity index (χ3v) is 5.64. The summed E-state index contributed by atoms with van der Waals surface area (Å²) in [6, 6.07) is 2.45. The Morgan fingerprint density at radius 3 is 2.92 bits per heavy atom. The van der Waals surface area contributed by atoms with Crippen LogP contribution in [-0.4, -0.2) is 48.1 Å². The number of hydrogen-bond donors (Lipinski definition) is 2. The summed E-state index contributed by atoms with van der Waals surface area (Å²) >= 11 is 0. The van der Waals surface area contributed by atoms with E-state index in [1.54, 1.807) is 0 Å². The summed E-state index contributed by atoms with van der Waals surface area (Å²) in [4.78, 5) is 4.40. The Morgan fingerprint density at radius 2 is 2.25 bits per heavy atom. The second-order valence-electron chi connectivity index (χ2n) is 6.94. The van der Waals surface area contributed by atoms with Crippen LogP contribution in [0.15, 0.2) is 23.5 Å². The lowest BCUT2D eigenvalue weighted by atomic mass is 9.60. The fraction of sp³-hybridized carbons (Fsp3) is 0.778. The van der Waals surface area contributed by atoms with E-state index in [1.807, 2.05) is 30.2 Å². The Morgan fingerprint density at radius 1 is 1.42 bits per heavy atom. The molecule has 0 radical (unpaired) electrons. The van der Waals surface area contributed by atoms with Gasteiger partial charge < -0.3 is 15.4 Å². The van der Waals surface area contributed by atoms with Crippen molar-refractivity contribution in [1.29, 1.82) is 0 Å². The maximum absolute atomic E-state index is 5.99. The molecule has 1 spiro atoms. The lowest BCUT2D eigenvalue weighted by Gasteiger charge is -2.54. The first-order valence-corrected chi connectivity index (χ1v) is 9.34. The summed E-state index contributed by atoms with van der Waals surface area (Å²) in [7, 11) is 1.85. The van der Waals surface area contributed by atoms with Gasteiger partial charge in [-0.2, -0.15) is 5.10 Å². The van der Waals surface area contributed by atoms with Gasteiger partial charge in [-0.25, -0.2) is 0 Å². The number of guanidine groups is 1. The summed E-state index contributed by atoms with van der Waals surface area (Å²) in [6.07, 6.45) is 11.6. The highest BCUT2D eigenvalue weighted by molar-refractivity contribution is 5.80. The van der Waals surface area contributed by atoms with Crippen LogP contribution in [0.5, 0.6) is 0 Å². The summed E-state index contributed by atoms with van der Waals surface area (Å²) in [5.41, 5.74) is 0.336. The number of nitrogens with zero attached hydrogens (tertiary/aromatic N) is 3. The van der Waals surface area contributed by atoms with E-state index < -0.39 is 0 Å². The quantitative estimate of drug-likeness (QED) is 0.456. The SMILES string of the molecule is CCOC1CC(NC(=NC)NCCCn2cccn2)C12CCCC2. The van der Waals surface area contributed by atoms with E-state index in [4.69, 9.17) is 4.74 Å². The van der Waals surface area contributed by atoms with Crippen molar-refractivity contribution >= 4 is 5.96 Å². The molecule has 6 heteroatoms. The third kappa shape index (κ3) is 3.58. The number of aromatic nitrogens is 2. The number of ether oxygens (including phenoxy) is 1. The van der Waals surface area contributed by atoms with Crippen molar-refractivity contribution in [1.82, 2.24) is 20.4 Å². The van der Waals surface area contributed by atoms with E-state index in [9.17, 15) is 0 Å². The Labute approximate surface area is 145 Å². The zero-order valence-electron chi connectivity index (χ0n) is 15.0. The van der Waals surface area contributed by atoms with E-state index in [1.165, 1.54) is 25.7 Å². The fourth-order valence-corrected chi connectivity index (χ4v) is 4.33. The molecule has 24 heavy (non-hydrogen) atoms. The second kappa shape index (κ2) is 8.01. The van der Waals surface area contributed by atoms with Gasteiger partial charge in [0.25, 0.3) is 0 Å². The molecule has 0 amide bonds. The van der Waals surface area contributed by atoms with Gasteiger partial charge >= 0.3 is 0 Å². The molecule has 0 aromatic carbocycles. The molecule has 134 valence electrons. The predicted octanol–water partition coefficient (Wildman–Crippen LogP) is 2.18. The van der Waals surface area contributed by atoms with Gasteiger partial charge in [-0.3, -0.25) is 9.67 Å². The largest absolute Gasteiger partial charge is 0.378 e. The highest BCUT2D eigenvalue weighted by Crippen LogP contribution is 2.54. The fourth-order valence-electron chi connectivity index (χ4n) is 4.33. The first-order valence-electron chi connectivity index (χ1n) is 9.34. The van der Waals surface area contributed by atoms with E-state index in [-0.39, 0.29) is 0 Å². The number of nitrogens with one attached hydrogen (secondary N) is 2. The molecule has 6 nitrogen and oxygen atoms in total. The maximum Gasteiger partial charge on any atom is 0.191 e. The van der Waals surface area contributed by atoms with Gasteiger partial charge in [-0.05, 0) is 38.7 Å². The molecule has 1 aromatic heterocycles. The van der Waals surface area contributed by atoms with Gasteiger partial charge in [0, 0.05) is 50.6 Å². The highest BCUT2D eigenvalue weighted by atomic mass is 16.5. The summed E-state index contributed by atoms with van der Waals surface area (Å²) in [6.45, 7) is 4.74. The zero-order chi connectivity index (χ0) is 16.8. The third-order valence-electron chi connectivity index (χ3n) is 5.64. The van der Waals surface area contributed by atoms with Crippen molar-refractivity contribution in [2.45, 2.75) is 64.1 Å². The van der Waals surface area contributed by atoms with Crippen LogP contribution < -0.4 is 10.6 Å². The van der Waals surface area contributed by atoms with Crippen molar-refractivity contribution in [2.24, 2.45) is 10.4 Å². The van der Waals surface area contributed by atoms with E-state index in [0.717, 1.165) is 38.5 Å². The summed E-state index contributed by atoms with van der Waals surface area (Å²) in [5.74, 6) is 0.918. The van der Waals surface area contributed by atoms with Gasteiger partial charge in [0.1, 0.15) is 0 Å². The lowest BCUT2D eigenvalue weighted by Crippen LogP contribution is -2.65. The molecule has 2 atom stereocenters. The van der Waals surface area contributed by atoms with Crippen molar-refractivity contribution in [3.63, 3.8) is 0 Å². The maximum atomic E-state index is 5.99. The minimum atomic E-state index is 0.336. The van der Waals surface area contributed by atoms with Crippen molar-refractivity contribution in [3.05, 3.63) is 18.5 Å². The van der Waals surface area contributed by atoms with Crippen molar-refractivity contribution in [2.75, 3.05) is 20.2 Å². The molecular formula is C18H31N5O. The van der Waals surface area contributed by atoms with Gasteiger partial charge in [-0.15, -0.1) is 0 Å². The first-order chi connectivity index (χ1) is 11.8. The molecule has 2 aliphatic carbocycles. The second-order valence-corrected chi connectivity index (χ2v) is 6.94. The Balaban J connectivity index is 1.45. The van der Waals surface area contributed by atoms with Crippen LogP contribution in [0.25, 0.3) is 0 Å². The monoisotopic (exact) mass is 333 g/mol. The topological polar surface area (TPSA) is 63.5 Å². The molecule has 2 aliphatic rings. The Bertz CT molecular complexity index is 522. The molecule has 0 aliphatic heterocycles. The molecular weight excluding hydrogens is 302 g/mol. The molecule has 1 heterocycles. The van der Waals surface area contributed by atoms with Crippen molar-refractivity contribution in [3.8, 4) is 0 Å². The smallest absolute Gasteiger partial charge is 0.191 e. The van der Waals surface area contributed by atoms with Crippen LogP contribution in [0.2, 0.25) is 0 Å². The Hall–Kier alpha value is -1.56. The van der Waals surface area contributed by atoms with Crippen LogP contribution in [0.4, 0.5) is 0 Å². The minimum Gasteiger partial charge on any atom is -0.378 e. The van der Waals surface area contributed by atoms with Gasteiger partial charge in [0.15, 0.2) is 5.96 Å². The van der Waals surface area contributed by atoms with Crippen LogP contribution in [-0.2, 0) is 11.3 Å². The molecule has 1 aromatic rings. The van der Waals surface area contributed by atoms with E-state index in [0.29, 0.717) is 17.6 Å². The van der Waals surface area contributed by atoms with Crippen LogP contribution >= 0.6 is 0 Å². The standard InChI is InChI=1S/C18H31N5O/c1-3-24-16-14-15(18(16)8-4-5-9-18)22-17(19-2)20-10-6-12-23-13-7-11-21-23/h7,11,13,15-16H,3-6,8-10,12,14H2,1-2H3,(H2,19,20,22). The van der Waals surface area contributed by atoms with Crippen LogP contribution in [0.3, 0.4) is 0 Å². The van der Waals surface area contributed by atoms with Crippen LogP contribution in [0.1, 0.15) is 45.4 Å². The van der Waals surface area contributed by atoms with E-state index >= 15 is 0 Å². The van der Waals surface area contributed by atoms with Gasteiger partial charge in [0.05, 0.1) is 6.10 Å². The number of aryl methyl sites for hydroxylation is 1. The van der Waals surface area contributed by atoms with E-state index in [2.05, 4.69) is 27.6 Å². The molecule has 3 rings (SSSR count). The average Bonchev–Trinajstić information content (AvgIpc) is 3.28. The van der Waals surface area contributed by atoms with Gasteiger partial charge in [-0.1, -0.05) is 12.8 Å². The molecule has 2 fully saturated rings. The average molecular weight is 333 g/mol. The molecule has 0 saturated heterocycles. The molecule has 2 saturated carbocycles. The van der Waals surface area contributed by atoms with Crippen molar-refractivity contribution < 1.29 is 4.74 Å². The summed E-state index contributed by atoms with van der Waals surface area (Å²) in [5, 5.41) is 11.3. The predicted molar refractivity (Wildman–Crippen MR) is 96.1 cm³/mol. The lowest BCUT2D eigenvalue weighted by molar-refractivity contribution is -0.125. The normalized spacial score (nSPS) is 25.7. The minimum absolute atomic E-state index is 0.336. The molecule has 2 unspecified atom stereocenters. The zero-order valence-corrected chi connectivity index (χ0v) is 15.0. The number of hydrogen-bond acceptors (Lipinski definition) is 3. The molecule has 0 bridgehead atoms. The first kappa shape index (κ1) is 17.3.